The molecule has 0 aromatic heterocycles. The third kappa shape index (κ3) is 1.90. The number of rotatable bonds is 2. The Hall–Kier alpha value is -0.630. The second kappa shape index (κ2) is 3.18. The second-order valence-electron chi connectivity index (χ2n) is 2.19. The fourth-order valence-corrected chi connectivity index (χ4v) is 1.60. The van der Waals surface area contributed by atoms with Crippen molar-refractivity contribution in [2.75, 3.05) is 6.29 Å². The van der Waals surface area contributed by atoms with Gasteiger partial charge >= 0.3 is 0 Å². The summed E-state index contributed by atoms with van der Waals surface area (Å²) in [5, 5.41) is 0.308. The molecule has 1 atom stereocenters. The maximum absolute atomic E-state index is 11.1. The molecule has 0 saturated carbocycles. The van der Waals surface area contributed by atoms with E-state index in [-0.39, 0.29) is 6.29 Å². The molecule has 0 aliphatic heterocycles. The van der Waals surface area contributed by atoms with E-state index in [0.717, 1.165) is 0 Å². The molecule has 0 fully saturated rings. The summed E-state index contributed by atoms with van der Waals surface area (Å²) in [5.74, 6) is 0. The van der Waals surface area contributed by atoms with Crippen molar-refractivity contribution in [3.05, 3.63) is 30.3 Å². The summed E-state index contributed by atoms with van der Waals surface area (Å²) in [6.07, 6.45) is -0.309. The molecule has 1 unspecified atom stereocenters. The number of hydrogen-bond donors (Lipinski definition) is 1. The van der Waals surface area contributed by atoms with Crippen LogP contribution in [-0.2, 0) is 4.57 Å². The van der Waals surface area contributed by atoms with E-state index in [4.69, 9.17) is 5.73 Å². The maximum Gasteiger partial charge on any atom is 0.0565 e. The lowest BCUT2D eigenvalue weighted by molar-refractivity contribution is -0.171. The maximum atomic E-state index is 11.1. The molecule has 0 heterocycles. The lowest BCUT2D eigenvalue weighted by atomic mass is 10.4. The van der Waals surface area contributed by atoms with Gasteiger partial charge in [0.1, 0.15) is 0 Å². The Kier molecular flexibility index (Phi) is 2.45. The first-order valence-electron chi connectivity index (χ1n) is 3.22. The number of nitrogens with two attached hydrogens (primary N) is 1. The molecule has 1 aromatic carbocycles. The molecule has 0 radical (unpaired) electrons. The van der Waals surface area contributed by atoms with Gasteiger partial charge < -0.3 is 15.2 Å². The highest BCUT2D eigenvalue weighted by Gasteiger charge is 2.06. The van der Waals surface area contributed by atoms with Crippen LogP contribution in [0.5, 0.6) is 0 Å². The van der Waals surface area contributed by atoms with Gasteiger partial charge in [-0.15, -0.1) is 0 Å². The minimum Gasteiger partial charge on any atom is -0.795 e. The average molecular weight is 170 g/mol. The van der Waals surface area contributed by atoms with E-state index in [1.807, 2.05) is 0 Å². The Morgan fingerprint density at radius 2 is 1.91 bits per heavy atom. The normalized spacial score (nSPS) is 15.8. The minimum atomic E-state index is -3.50. The fourth-order valence-electron chi connectivity index (χ4n) is 0.761. The molecule has 0 aliphatic carbocycles. The third-order valence-electron chi connectivity index (χ3n) is 1.39. The van der Waals surface area contributed by atoms with Gasteiger partial charge in [-0.1, -0.05) is 30.3 Å². The zero-order chi connectivity index (χ0) is 8.32. The molecule has 11 heavy (non-hydrogen) atoms. The molecular formula is C7H9NO2P-. The molecule has 1 rings (SSSR count). The van der Waals surface area contributed by atoms with E-state index >= 15 is 0 Å². The highest BCUT2D eigenvalue weighted by Crippen LogP contribution is 2.30. The first-order chi connectivity index (χ1) is 5.17. The van der Waals surface area contributed by atoms with Crippen molar-refractivity contribution in [3.63, 3.8) is 0 Å². The lowest BCUT2D eigenvalue weighted by Crippen LogP contribution is -2.21. The van der Waals surface area contributed by atoms with Gasteiger partial charge in [0, 0.05) is 6.29 Å². The summed E-state index contributed by atoms with van der Waals surface area (Å²) >= 11 is 0. The minimum absolute atomic E-state index is 0.308. The summed E-state index contributed by atoms with van der Waals surface area (Å²) in [5.41, 5.74) is 5.06. The third-order valence-corrected chi connectivity index (χ3v) is 2.96. The van der Waals surface area contributed by atoms with Crippen molar-refractivity contribution in [1.29, 1.82) is 0 Å². The predicted octanol–water partition coefficient (Wildman–Crippen LogP) is -0.134. The zero-order valence-electron chi connectivity index (χ0n) is 5.93. The molecular weight excluding hydrogens is 161 g/mol. The smallest absolute Gasteiger partial charge is 0.0565 e. The van der Waals surface area contributed by atoms with Crippen LogP contribution in [0.2, 0.25) is 0 Å². The molecule has 0 amide bonds. The van der Waals surface area contributed by atoms with Gasteiger partial charge in [0.05, 0.1) is 7.37 Å². The number of benzene rings is 1. The van der Waals surface area contributed by atoms with Crippen LogP contribution in [0.25, 0.3) is 0 Å². The molecule has 60 valence electrons. The second-order valence-corrected chi connectivity index (χ2v) is 4.42. The average Bonchev–Trinajstić information content (AvgIpc) is 2.06. The van der Waals surface area contributed by atoms with Crippen molar-refractivity contribution in [3.8, 4) is 0 Å². The Labute approximate surface area is 65.3 Å². The van der Waals surface area contributed by atoms with Crippen LogP contribution in [0, 0.1) is 0 Å². The van der Waals surface area contributed by atoms with E-state index in [1.165, 1.54) is 0 Å². The monoisotopic (exact) mass is 170 g/mol. The van der Waals surface area contributed by atoms with Crippen LogP contribution in [0.4, 0.5) is 0 Å². The molecule has 3 nitrogen and oxygen atoms in total. The summed E-state index contributed by atoms with van der Waals surface area (Å²) in [7, 11) is -3.50. The summed E-state index contributed by atoms with van der Waals surface area (Å²) in [6, 6.07) is 8.20. The number of hydrogen-bond acceptors (Lipinski definition) is 3. The van der Waals surface area contributed by atoms with Gasteiger partial charge in [0.2, 0.25) is 0 Å². The van der Waals surface area contributed by atoms with E-state index in [9.17, 15) is 9.46 Å². The zero-order valence-corrected chi connectivity index (χ0v) is 6.83. The van der Waals surface area contributed by atoms with Gasteiger partial charge in [-0.2, -0.15) is 0 Å². The van der Waals surface area contributed by atoms with Crippen molar-refractivity contribution in [2.45, 2.75) is 0 Å². The van der Waals surface area contributed by atoms with Crippen LogP contribution < -0.4 is 15.9 Å². The van der Waals surface area contributed by atoms with E-state index in [0.29, 0.717) is 5.30 Å². The van der Waals surface area contributed by atoms with Crippen molar-refractivity contribution in [1.82, 2.24) is 0 Å². The van der Waals surface area contributed by atoms with E-state index < -0.39 is 7.37 Å². The Morgan fingerprint density at radius 1 is 1.36 bits per heavy atom. The van der Waals surface area contributed by atoms with Crippen molar-refractivity contribution < 1.29 is 9.46 Å². The molecule has 2 N–H and O–H groups in total. The highest BCUT2D eigenvalue weighted by molar-refractivity contribution is 7.64. The quantitative estimate of drug-likeness (QED) is 0.628. The van der Waals surface area contributed by atoms with Crippen LogP contribution in [0.1, 0.15) is 0 Å². The van der Waals surface area contributed by atoms with Crippen LogP contribution in [-0.4, -0.2) is 6.29 Å². The van der Waals surface area contributed by atoms with Crippen LogP contribution in [0.3, 0.4) is 0 Å². The van der Waals surface area contributed by atoms with Crippen molar-refractivity contribution in [2.24, 2.45) is 5.73 Å². The van der Waals surface area contributed by atoms with Gasteiger partial charge in [-0.25, -0.2) is 0 Å². The van der Waals surface area contributed by atoms with Crippen molar-refractivity contribution >= 4 is 12.7 Å². The van der Waals surface area contributed by atoms with Gasteiger partial charge in [-0.05, 0) is 5.30 Å². The molecule has 0 aliphatic rings. The first-order valence-corrected chi connectivity index (χ1v) is 5.03. The molecule has 0 spiro atoms. The Bertz CT molecular complexity index is 273. The topological polar surface area (TPSA) is 66.2 Å². The standard InChI is InChI=1S/C7H10NO2P/c8-6-11(9,10)7-4-2-1-3-5-7/h1-5H,6,8H2,(H,9,10)/p-1. The SMILES string of the molecule is NCP(=O)([O-])c1ccccc1. The first kappa shape index (κ1) is 8.47. The molecule has 0 saturated heterocycles. The Morgan fingerprint density at radius 3 is 2.36 bits per heavy atom. The van der Waals surface area contributed by atoms with Crippen LogP contribution >= 0.6 is 7.37 Å². The summed E-state index contributed by atoms with van der Waals surface area (Å²) < 4.78 is 11.1. The van der Waals surface area contributed by atoms with Crippen LogP contribution in [0.15, 0.2) is 30.3 Å². The largest absolute Gasteiger partial charge is 0.795 e. The highest BCUT2D eigenvalue weighted by atomic mass is 31.2. The molecule has 0 bridgehead atoms. The lowest BCUT2D eigenvalue weighted by Gasteiger charge is -2.20. The molecule has 4 heteroatoms. The fraction of sp³-hybridized carbons (Fsp3) is 0.143. The van der Waals surface area contributed by atoms with Gasteiger partial charge in [0.15, 0.2) is 0 Å². The van der Waals surface area contributed by atoms with Gasteiger partial charge in [-0.3, -0.25) is 0 Å². The Balaban J connectivity index is 3.03. The molecule has 1 aromatic rings. The van der Waals surface area contributed by atoms with E-state index in [2.05, 4.69) is 0 Å². The summed E-state index contributed by atoms with van der Waals surface area (Å²) in [4.78, 5) is 11.1. The van der Waals surface area contributed by atoms with Gasteiger partial charge in [0.25, 0.3) is 0 Å². The van der Waals surface area contributed by atoms with E-state index in [1.54, 1.807) is 30.3 Å². The summed E-state index contributed by atoms with van der Waals surface area (Å²) in [6.45, 7) is 0. The predicted molar refractivity (Wildman–Crippen MR) is 42.7 cm³/mol.